The molecule has 0 bridgehead atoms. The molecule has 0 amide bonds. The van der Waals surface area contributed by atoms with Crippen LogP contribution in [-0.4, -0.2) is 28.5 Å². The van der Waals surface area contributed by atoms with Gasteiger partial charge in [-0.25, -0.2) is 0 Å². The van der Waals surface area contributed by atoms with E-state index in [2.05, 4.69) is 65.6 Å². The summed E-state index contributed by atoms with van der Waals surface area (Å²) in [4.78, 5) is 0. The molecule has 1 N–H and O–H groups in total. The van der Waals surface area contributed by atoms with Crippen molar-refractivity contribution in [1.82, 2.24) is 15.1 Å². The molecule has 0 saturated carbocycles. The number of likely N-dealkylation sites (N-methyl/N-ethyl adjacent to an activating group) is 1. The molecule has 0 aliphatic heterocycles. The Morgan fingerprint density at radius 1 is 1.30 bits per heavy atom. The molecule has 1 aromatic heterocycles. The summed E-state index contributed by atoms with van der Waals surface area (Å²) in [5, 5.41) is 8.07. The fourth-order valence-electron chi connectivity index (χ4n) is 2.88. The van der Waals surface area contributed by atoms with Gasteiger partial charge in [0.15, 0.2) is 0 Å². The van der Waals surface area contributed by atoms with E-state index in [-0.39, 0.29) is 11.6 Å². The van der Waals surface area contributed by atoms with Crippen molar-refractivity contribution in [2.24, 2.45) is 0 Å². The van der Waals surface area contributed by atoms with E-state index in [1.165, 1.54) is 5.69 Å². The molecule has 1 atom stereocenters. The third-order valence-corrected chi connectivity index (χ3v) is 4.58. The second-order valence-electron chi connectivity index (χ2n) is 4.89. The number of hydrogen-bond donors (Lipinski definition) is 1. The van der Waals surface area contributed by atoms with Gasteiger partial charge in [0.05, 0.1) is 28.0 Å². The van der Waals surface area contributed by atoms with Gasteiger partial charge in [-0.1, -0.05) is 20.8 Å². The quantitative estimate of drug-likeness (QED) is 0.737. The first kappa shape index (κ1) is 17.7. The largest absolute Gasteiger partial charge is 0.373 e. The van der Waals surface area contributed by atoms with Crippen molar-refractivity contribution in [3.05, 3.63) is 16.4 Å². The van der Waals surface area contributed by atoms with Gasteiger partial charge in [0.2, 0.25) is 0 Å². The van der Waals surface area contributed by atoms with Gasteiger partial charge >= 0.3 is 0 Å². The minimum absolute atomic E-state index is 0.138. The maximum absolute atomic E-state index is 6.20. The topological polar surface area (TPSA) is 39.1 Å². The van der Waals surface area contributed by atoms with Crippen LogP contribution in [0, 0.1) is 0 Å². The highest BCUT2D eigenvalue weighted by Crippen LogP contribution is 2.38. The maximum atomic E-state index is 6.20. The first-order chi connectivity index (χ1) is 9.60. The normalized spacial score (nSPS) is 13.7. The lowest BCUT2D eigenvalue weighted by Crippen LogP contribution is -2.46. The van der Waals surface area contributed by atoms with E-state index >= 15 is 0 Å². The van der Waals surface area contributed by atoms with Crippen molar-refractivity contribution in [3.8, 4) is 0 Å². The van der Waals surface area contributed by atoms with E-state index in [1.807, 2.05) is 6.20 Å². The number of hydrogen-bond acceptors (Lipinski definition) is 3. The Hall–Kier alpha value is -0.390. The van der Waals surface area contributed by atoms with Gasteiger partial charge in [-0.3, -0.25) is 4.68 Å². The summed E-state index contributed by atoms with van der Waals surface area (Å²) in [5.41, 5.74) is 0.992. The molecule has 0 saturated heterocycles. The molecule has 0 radical (unpaired) electrons. The minimum Gasteiger partial charge on any atom is -0.373 e. The van der Waals surface area contributed by atoms with Crippen LogP contribution in [0.5, 0.6) is 0 Å². The van der Waals surface area contributed by atoms with E-state index < -0.39 is 0 Å². The molecule has 5 heteroatoms. The Morgan fingerprint density at radius 3 is 2.40 bits per heavy atom. The number of ether oxygens (including phenoxy) is 1. The van der Waals surface area contributed by atoms with Gasteiger partial charge in [-0.15, -0.1) is 0 Å². The molecule has 1 heterocycles. The molecule has 0 spiro atoms. The molecule has 116 valence electrons. The number of aryl methyl sites for hydroxylation is 1. The molecule has 1 aromatic rings. The van der Waals surface area contributed by atoms with E-state index in [4.69, 9.17) is 4.74 Å². The molecule has 1 unspecified atom stereocenters. The number of rotatable bonds is 9. The van der Waals surface area contributed by atoms with Crippen molar-refractivity contribution in [2.45, 2.75) is 65.6 Å². The lowest BCUT2D eigenvalue weighted by molar-refractivity contribution is -0.0749. The number of nitrogens with zero attached hydrogens (tertiary/aromatic N) is 2. The summed E-state index contributed by atoms with van der Waals surface area (Å²) < 4.78 is 9.30. The highest BCUT2D eigenvalue weighted by Gasteiger charge is 2.39. The minimum atomic E-state index is -0.194. The Labute approximate surface area is 131 Å². The van der Waals surface area contributed by atoms with Crippen LogP contribution in [0.25, 0.3) is 0 Å². The van der Waals surface area contributed by atoms with Gasteiger partial charge in [-0.05, 0) is 49.2 Å². The van der Waals surface area contributed by atoms with Crippen LogP contribution < -0.4 is 5.32 Å². The molecule has 0 aromatic carbocycles. The first-order valence-corrected chi connectivity index (χ1v) is 8.47. The molecule has 1 rings (SSSR count). The number of halogens is 1. The predicted octanol–water partition coefficient (Wildman–Crippen LogP) is 3.91. The zero-order valence-corrected chi connectivity index (χ0v) is 15.0. The second-order valence-corrected chi connectivity index (χ2v) is 5.74. The highest BCUT2D eigenvalue weighted by molar-refractivity contribution is 9.10. The van der Waals surface area contributed by atoms with Crippen LogP contribution in [0.4, 0.5) is 0 Å². The van der Waals surface area contributed by atoms with Crippen LogP contribution in [-0.2, 0) is 11.3 Å². The van der Waals surface area contributed by atoms with Crippen molar-refractivity contribution in [1.29, 1.82) is 0 Å². The molecular weight excluding hydrogens is 318 g/mol. The molecule has 0 aliphatic rings. The average molecular weight is 346 g/mol. The second kappa shape index (κ2) is 8.15. The van der Waals surface area contributed by atoms with Crippen LogP contribution in [0.2, 0.25) is 0 Å². The van der Waals surface area contributed by atoms with Crippen molar-refractivity contribution >= 4 is 15.9 Å². The highest BCUT2D eigenvalue weighted by atomic mass is 79.9. The predicted molar refractivity (Wildman–Crippen MR) is 87.0 cm³/mol. The third-order valence-electron chi connectivity index (χ3n) is 3.97. The third kappa shape index (κ3) is 3.43. The van der Waals surface area contributed by atoms with E-state index in [0.29, 0.717) is 0 Å². The van der Waals surface area contributed by atoms with Crippen LogP contribution >= 0.6 is 15.9 Å². The lowest BCUT2D eigenvalue weighted by atomic mass is 9.85. The Bertz CT molecular complexity index is 402. The van der Waals surface area contributed by atoms with E-state index in [9.17, 15) is 0 Å². The van der Waals surface area contributed by atoms with Gasteiger partial charge in [-0.2, -0.15) is 5.10 Å². The van der Waals surface area contributed by atoms with Gasteiger partial charge in [0.25, 0.3) is 0 Å². The maximum Gasteiger partial charge on any atom is 0.0886 e. The monoisotopic (exact) mass is 345 g/mol. The average Bonchev–Trinajstić information content (AvgIpc) is 2.83. The smallest absolute Gasteiger partial charge is 0.0886 e. The summed E-state index contributed by atoms with van der Waals surface area (Å²) in [6.45, 7) is 13.2. The van der Waals surface area contributed by atoms with Crippen LogP contribution in [0.3, 0.4) is 0 Å². The standard InChI is InChI=1S/C15H28BrN3O/c1-6-15(7-2,20-10-5)14(17-8-3)13-12(16)11-18-19(13)9-4/h11,14,17H,6-10H2,1-5H3. The van der Waals surface area contributed by atoms with Crippen LogP contribution in [0.15, 0.2) is 10.7 Å². The van der Waals surface area contributed by atoms with Crippen molar-refractivity contribution in [3.63, 3.8) is 0 Å². The summed E-state index contributed by atoms with van der Waals surface area (Å²) in [5.74, 6) is 0. The van der Waals surface area contributed by atoms with Gasteiger partial charge < -0.3 is 10.1 Å². The van der Waals surface area contributed by atoms with Gasteiger partial charge in [0.1, 0.15) is 0 Å². The Balaban J connectivity index is 3.30. The summed E-state index contributed by atoms with van der Waals surface area (Å²) in [7, 11) is 0. The molecule has 0 fully saturated rings. The van der Waals surface area contributed by atoms with E-state index in [1.54, 1.807) is 0 Å². The lowest BCUT2D eigenvalue weighted by Gasteiger charge is -2.40. The summed E-state index contributed by atoms with van der Waals surface area (Å²) in [6, 6.07) is 0.138. The number of aromatic nitrogens is 2. The SMILES string of the molecule is CCNC(c1c(Br)cnn1CC)C(CC)(CC)OCC. The van der Waals surface area contributed by atoms with Crippen molar-refractivity contribution < 1.29 is 4.74 Å². The molecule has 20 heavy (non-hydrogen) atoms. The summed E-state index contributed by atoms with van der Waals surface area (Å²) in [6.07, 6.45) is 3.82. The fraction of sp³-hybridized carbons (Fsp3) is 0.800. The zero-order chi connectivity index (χ0) is 15.2. The van der Waals surface area contributed by atoms with Gasteiger partial charge in [0, 0.05) is 13.2 Å². The zero-order valence-electron chi connectivity index (χ0n) is 13.4. The number of nitrogens with one attached hydrogen (secondary N) is 1. The molecule has 4 nitrogen and oxygen atoms in total. The molecule has 0 aliphatic carbocycles. The van der Waals surface area contributed by atoms with Crippen molar-refractivity contribution in [2.75, 3.05) is 13.2 Å². The Kier molecular flexibility index (Phi) is 7.20. The first-order valence-electron chi connectivity index (χ1n) is 7.68. The summed E-state index contributed by atoms with van der Waals surface area (Å²) >= 11 is 3.65. The molecular formula is C15H28BrN3O. The Morgan fingerprint density at radius 2 is 1.95 bits per heavy atom. The van der Waals surface area contributed by atoms with E-state index in [0.717, 1.165) is 37.0 Å². The van der Waals surface area contributed by atoms with Crippen LogP contribution in [0.1, 0.15) is 59.2 Å². The fourth-order valence-corrected chi connectivity index (χ4v) is 3.41.